The molecule has 3 nitrogen and oxygen atoms in total. The van der Waals surface area contributed by atoms with Crippen LogP contribution in [0.25, 0.3) is 0 Å². The van der Waals surface area contributed by atoms with E-state index in [2.05, 4.69) is 0 Å². The minimum absolute atomic E-state index is 0.0107. The molecule has 16 heavy (non-hydrogen) atoms. The number of carbonyl (C=O) groups excluding carboxylic acids is 1. The number of hydrogen-bond acceptors (Lipinski definition) is 3. The van der Waals surface area contributed by atoms with Gasteiger partial charge in [-0.05, 0) is 29.8 Å². The van der Waals surface area contributed by atoms with Crippen molar-refractivity contribution in [3.05, 3.63) is 53.5 Å². The van der Waals surface area contributed by atoms with Crippen molar-refractivity contribution >= 4 is 5.78 Å². The molecule has 0 amide bonds. The summed E-state index contributed by atoms with van der Waals surface area (Å²) in [6.45, 7) is 0.707. The van der Waals surface area contributed by atoms with E-state index in [4.69, 9.17) is 9.15 Å². The normalized spacial score (nSPS) is 13.2. The molecule has 0 saturated carbocycles. The molecule has 2 aromatic rings. The van der Waals surface area contributed by atoms with Gasteiger partial charge in [-0.15, -0.1) is 0 Å². The van der Waals surface area contributed by atoms with E-state index in [0.717, 1.165) is 17.7 Å². The van der Waals surface area contributed by atoms with Crippen LogP contribution in [0.4, 0.5) is 0 Å². The van der Waals surface area contributed by atoms with E-state index in [1.807, 2.05) is 12.1 Å². The van der Waals surface area contributed by atoms with E-state index in [0.29, 0.717) is 17.7 Å². The predicted octanol–water partition coefficient (Wildman–Crippen LogP) is 2.45. The van der Waals surface area contributed by atoms with Gasteiger partial charge < -0.3 is 9.15 Å². The maximum Gasteiger partial charge on any atom is 0.196 e. The van der Waals surface area contributed by atoms with E-state index in [9.17, 15) is 4.79 Å². The number of benzene rings is 1. The molecule has 3 rings (SSSR count). The van der Waals surface area contributed by atoms with Gasteiger partial charge >= 0.3 is 0 Å². The van der Waals surface area contributed by atoms with Crippen molar-refractivity contribution < 1.29 is 13.9 Å². The first-order valence-corrected chi connectivity index (χ1v) is 5.17. The average Bonchev–Trinajstić information content (AvgIpc) is 2.98. The van der Waals surface area contributed by atoms with Crippen molar-refractivity contribution in [2.45, 2.75) is 6.42 Å². The van der Waals surface area contributed by atoms with Gasteiger partial charge in [0, 0.05) is 12.0 Å². The molecule has 0 aliphatic carbocycles. The molecule has 1 aromatic carbocycles. The van der Waals surface area contributed by atoms with Crippen molar-refractivity contribution in [2.24, 2.45) is 0 Å². The van der Waals surface area contributed by atoms with Crippen LogP contribution in [0.2, 0.25) is 0 Å². The van der Waals surface area contributed by atoms with Crippen LogP contribution in [0, 0.1) is 0 Å². The van der Waals surface area contributed by atoms with Gasteiger partial charge in [-0.2, -0.15) is 0 Å². The fraction of sp³-hybridized carbons (Fsp3) is 0.154. The van der Waals surface area contributed by atoms with Gasteiger partial charge in [-0.3, -0.25) is 4.79 Å². The average molecular weight is 214 g/mol. The zero-order valence-electron chi connectivity index (χ0n) is 8.60. The Hall–Kier alpha value is -2.03. The van der Waals surface area contributed by atoms with Gasteiger partial charge in [-0.25, -0.2) is 0 Å². The summed E-state index contributed by atoms with van der Waals surface area (Å²) < 4.78 is 10.3. The maximum absolute atomic E-state index is 12.0. The van der Waals surface area contributed by atoms with Gasteiger partial charge in [0.1, 0.15) is 12.0 Å². The summed E-state index contributed by atoms with van der Waals surface area (Å²) in [5, 5.41) is 0. The monoisotopic (exact) mass is 214 g/mol. The van der Waals surface area contributed by atoms with Crippen molar-refractivity contribution in [1.82, 2.24) is 0 Å². The lowest BCUT2D eigenvalue weighted by Gasteiger charge is -2.01. The molecule has 0 N–H and O–H groups in total. The summed E-state index contributed by atoms with van der Waals surface area (Å²) in [5.41, 5.74) is 2.37. The van der Waals surface area contributed by atoms with E-state index in [-0.39, 0.29) is 5.78 Å². The van der Waals surface area contributed by atoms with Crippen LogP contribution in [0.5, 0.6) is 5.75 Å². The lowest BCUT2D eigenvalue weighted by atomic mass is 10.0. The Morgan fingerprint density at radius 2 is 2.12 bits per heavy atom. The second-order valence-corrected chi connectivity index (χ2v) is 3.76. The molecule has 0 atom stereocenters. The standard InChI is InChI=1S/C13H10O3/c14-13(11-3-5-15-8-11)10-1-2-12-9(7-10)4-6-16-12/h1-3,5,7-8H,4,6H2. The number of rotatable bonds is 2. The van der Waals surface area contributed by atoms with Crippen LogP contribution in [0.1, 0.15) is 21.5 Å². The molecule has 0 fully saturated rings. The summed E-state index contributed by atoms with van der Waals surface area (Å²) in [5.74, 6) is 0.882. The lowest BCUT2D eigenvalue weighted by Crippen LogP contribution is -1.99. The van der Waals surface area contributed by atoms with Crippen molar-refractivity contribution in [2.75, 3.05) is 6.61 Å². The highest BCUT2D eigenvalue weighted by Crippen LogP contribution is 2.26. The highest BCUT2D eigenvalue weighted by molar-refractivity contribution is 6.08. The zero-order valence-corrected chi connectivity index (χ0v) is 8.60. The first-order chi connectivity index (χ1) is 7.84. The second kappa shape index (κ2) is 3.52. The summed E-state index contributed by atoms with van der Waals surface area (Å²) >= 11 is 0. The van der Waals surface area contributed by atoms with Crippen molar-refractivity contribution in [3.8, 4) is 5.75 Å². The Morgan fingerprint density at radius 1 is 1.19 bits per heavy atom. The van der Waals surface area contributed by atoms with Gasteiger partial charge in [-0.1, -0.05) is 0 Å². The highest BCUT2D eigenvalue weighted by atomic mass is 16.5. The first kappa shape index (κ1) is 9.21. The van der Waals surface area contributed by atoms with Crippen LogP contribution in [0.15, 0.2) is 41.2 Å². The molecule has 1 aliphatic rings. The van der Waals surface area contributed by atoms with Gasteiger partial charge in [0.05, 0.1) is 18.4 Å². The molecule has 0 bridgehead atoms. The molecule has 3 heteroatoms. The Labute approximate surface area is 92.6 Å². The number of ether oxygens (including phenoxy) is 1. The van der Waals surface area contributed by atoms with Crippen molar-refractivity contribution in [1.29, 1.82) is 0 Å². The van der Waals surface area contributed by atoms with E-state index < -0.39 is 0 Å². The van der Waals surface area contributed by atoms with Crippen LogP contribution < -0.4 is 4.74 Å². The van der Waals surface area contributed by atoms with E-state index in [1.54, 1.807) is 12.1 Å². The minimum atomic E-state index is -0.0107. The number of furan rings is 1. The van der Waals surface area contributed by atoms with Crippen LogP contribution >= 0.6 is 0 Å². The van der Waals surface area contributed by atoms with E-state index in [1.165, 1.54) is 12.5 Å². The molecule has 80 valence electrons. The van der Waals surface area contributed by atoms with Crippen LogP contribution in [-0.2, 0) is 6.42 Å². The summed E-state index contributed by atoms with van der Waals surface area (Å²) in [4.78, 5) is 12.0. The largest absolute Gasteiger partial charge is 0.493 e. The molecule has 2 heterocycles. The number of carbonyl (C=O) groups is 1. The Bertz CT molecular complexity index is 526. The highest BCUT2D eigenvalue weighted by Gasteiger charge is 2.16. The Morgan fingerprint density at radius 3 is 2.94 bits per heavy atom. The third-order valence-electron chi connectivity index (χ3n) is 2.74. The van der Waals surface area contributed by atoms with Crippen molar-refractivity contribution in [3.63, 3.8) is 0 Å². The quantitative estimate of drug-likeness (QED) is 0.721. The van der Waals surface area contributed by atoms with Gasteiger partial charge in [0.25, 0.3) is 0 Å². The third kappa shape index (κ3) is 1.41. The molecule has 0 unspecified atom stereocenters. The fourth-order valence-electron chi connectivity index (χ4n) is 1.89. The Balaban J connectivity index is 1.99. The first-order valence-electron chi connectivity index (χ1n) is 5.17. The summed E-state index contributed by atoms with van der Waals surface area (Å²) in [6, 6.07) is 7.22. The fourth-order valence-corrected chi connectivity index (χ4v) is 1.89. The molecular weight excluding hydrogens is 204 g/mol. The molecular formula is C13H10O3. The van der Waals surface area contributed by atoms with Crippen LogP contribution in [-0.4, -0.2) is 12.4 Å². The molecule has 0 radical (unpaired) electrons. The van der Waals surface area contributed by atoms with E-state index >= 15 is 0 Å². The molecule has 0 saturated heterocycles. The zero-order chi connectivity index (χ0) is 11.0. The molecule has 0 spiro atoms. The van der Waals surface area contributed by atoms with Crippen LogP contribution in [0.3, 0.4) is 0 Å². The maximum atomic E-state index is 12.0. The lowest BCUT2D eigenvalue weighted by molar-refractivity contribution is 0.103. The molecule has 1 aromatic heterocycles. The SMILES string of the molecule is O=C(c1ccoc1)c1ccc2c(c1)CCO2. The topological polar surface area (TPSA) is 39.4 Å². The second-order valence-electron chi connectivity index (χ2n) is 3.76. The minimum Gasteiger partial charge on any atom is -0.493 e. The Kier molecular flexibility index (Phi) is 2.03. The summed E-state index contributed by atoms with van der Waals surface area (Å²) in [6.07, 6.45) is 3.84. The number of hydrogen-bond donors (Lipinski definition) is 0. The summed E-state index contributed by atoms with van der Waals surface area (Å²) in [7, 11) is 0. The molecule has 1 aliphatic heterocycles. The van der Waals surface area contributed by atoms with Gasteiger partial charge in [0.2, 0.25) is 0 Å². The third-order valence-corrected chi connectivity index (χ3v) is 2.74. The number of fused-ring (bicyclic) bond motifs is 1. The predicted molar refractivity (Wildman–Crippen MR) is 57.8 cm³/mol. The van der Waals surface area contributed by atoms with Gasteiger partial charge in [0.15, 0.2) is 5.78 Å². The number of ketones is 1. The smallest absolute Gasteiger partial charge is 0.196 e.